The molecule has 0 aromatic heterocycles. The summed E-state index contributed by atoms with van der Waals surface area (Å²) in [4.78, 5) is 28.1. The van der Waals surface area contributed by atoms with Gasteiger partial charge in [-0.1, -0.05) is 55.0 Å². The van der Waals surface area contributed by atoms with Gasteiger partial charge in [-0.05, 0) is 55.3 Å². The number of para-hydroxylation sites is 1. The van der Waals surface area contributed by atoms with Crippen LogP contribution < -0.4 is 14.4 Å². The van der Waals surface area contributed by atoms with Crippen molar-refractivity contribution in [1.29, 1.82) is 0 Å². The molecule has 9 heteroatoms. The number of methoxy groups -OCH3 is 1. The minimum Gasteiger partial charge on any atom is -0.497 e. The molecular weight excluding hydrogens is 490 g/mol. The minimum atomic E-state index is -4.08. The number of likely N-dealkylation sites (N-methyl/N-ethyl adjacent to an activating group) is 1. The van der Waals surface area contributed by atoms with Gasteiger partial charge in [-0.15, -0.1) is 0 Å². The molecule has 2 amide bonds. The molecule has 0 heterocycles. The van der Waals surface area contributed by atoms with E-state index in [1.54, 1.807) is 67.8 Å². The van der Waals surface area contributed by atoms with Crippen molar-refractivity contribution in [3.05, 3.63) is 90.0 Å². The highest BCUT2D eigenvalue weighted by molar-refractivity contribution is 7.92. The predicted octanol–water partition coefficient (Wildman–Crippen LogP) is 3.75. The number of carbonyl (C=O) groups is 2. The number of sulfonamides is 1. The van der Waals surface area contributed by atoms with Crippen LogP contribution in [-0.4, -0.2) is 51.9 Å². The monoisotopic (exact) mass is 523 g/mol. The second kappa shape index (κ2) is 12.4. The molecule has 0 radical (unpaired) electrons. The number of amides is 2. The molecule has 0 aliphatic rings. The first-order chi connectivity index (χ1) is 17.7. The average Bonchev–Trinajstić information content (AvgIpc) is 2.92. The Morgan fingerprint density at radius 1 is 0.973 bits per heavy atom. The second-order valence-electron chi connectivity index (χ2n) is 8.57. The molecule has 0 aliphatic carbocycles. The van der Waals surface area contributed by atoms with Gasteiger partial charge in [0.25, 0.3) is 10.0 Å². The first-order valence-corrected chi connectivity index (χ1v) is 13.4. The molecule has 196 valence electrons. The van der Waals surface area contributed by atoms with Crippen LogP contribution in [0.25, 0.3) is 0 Å². The minimum absolute atomic E-state index is 0.0763. The van der Waals surface area contributed by atoms with Crippen molar-refractivity contribution in [3.63, 3.8) is 0 Å². The van der Waals surface area contributed by atoms with Crippen molar-refractivity contribution in [3.8, 4) is 5.75 Å². The third kappa shape index (κ3) is 6.68. The van der Waals surface area contributed by atoms with Crippen LogP contribution in [0.15, 0.2) is 83.8 Å². The molecule has 1 atom stereocenters. The van der Waals surface area contributed by atoms with Crippen LogP contribution in [0.5, 0.6) is 5.75 Å². The molecule has 0 fully saturated rings. The van der Waals surface area contributed by atoms with Gasteiger partial charge in [0, 0.05) is 13.6 Å². The summed E-state index contributed by atoms with van der Waals surface area (Å²) in [6.45, 7) is 3.31. The van der Waals surface area contributed by atoms with Gasteiger partial charge in [-0.2, -0.15) is 0 Å². The fourth-order valence-corrected chi connectivity index (χ4v) is 5.43. The lowest BCUT2D eigenvalue weighted by molar-refractivity contribution is -0.140. The van der Waals surface area contributed by atoms with Crippen LogP contribution in [0.4, 0.5) is 5.69 Å². The quantitative estimate of drug-likeness (QED) is 0.413. The molecule has 3 rings (SSSR count). The summed E-state index contributed by atoms with van der Waals surface area (Å²) in [5.74, 6) is -0.213. The van der Waals surface area contributed by atoms with Crippen LogP contribution in [-0.2, 0) is 26.2 Å². The normalized spacial score (nSPS) is 11.9. The molecule has 8 nitrogen and oxygen atoms in total. The molecule has 0 spiro atoms. The van der Waals surface area contributed by atoms with E-state index in [1.807, 2.05) is 19.9 Å². The van der Waals surface area contributed by atoms with E-state index in [4.69, 9.17) is 4.74 Å². The van der Waals surface area contributed by atoms with Gasteiger partial charge in [0.2, 0.25) is 11.8 Å². The zero-order chi connectivity index (χ0) is 27.0. The Balaban J connectivity index is 2.03. The summed E-state index contributed by atoms with van der Waals surface area (Å²) >= 11 is 0. The lowest BCUT2D eigenvalue weighted by Gasteiger charge is -2.33. The van der Waals surface area contributed by atoms with E-state index in [0.717, 1.165) is 15.4 Å². The maximum Gasteiger partial charge on any atom is 0.264 e. The molecule has 37 heavy (non-hydrogen) atoms. The fraction of sp³-hybridized carbons (Fsp3) is 0.286. The zero-order valence-electron chi connectivity index (χ0n) is 21.5. The first kappa shape index (κ1) is 27.7. The number of rotatable bonds is 11. The third-order valence-corrected chi connectivity index (χ3v) is 7.84. The number of benzene rings is 3. The summed E-state index contributed by atoms with van der Waals surface area (Å²) in [6, 6.07) is 21.4. The van der Waals surface area contributed by atoms with Crippen molar-refractivity contribution in [1.82, 2.24) is 10.2 Å². The van der Waals surface area contributed by atoms with E-state index in [9.17, 15) is 18.0 Å². The van der Waals surface area contributed by atoms with Crippen LogP contribution in [0.1, 0.15) is 24.5 Å². The van der Waals surface area contributed by atoms with E-state index in [2.05, 4.69) is 5.32 Å². The van der Waals surface area contributed by atoms with Crippen molar-refractivity contribution >= 4 is 27.5 Å². The number of aryl methyl sites for hydroxylation is 1. The predicted molar refractivity (Wildman–Crippen MR) is 144 cm³/mol. The zero-order valence-corrected chi connectivity index (χ0v) is 22.4. The molecule has 0 saturated carbocycles. The molecule has 1 N–H and O–H groups in total. The molecule has 0 unspecified atom stereocenters. The Morgan fingerprint density at radius 2 is 1.65 bits per heavy atom. The van der Waals surface area contributed by atoms with Gasteiger partial charge in [0.15, 0.2) is 0 Å². The number of ether oxygens (including phenoxy) is 1. The van der Waals surface area contributed by atoms with Gasteiger partial charge in [0.1, 0.15) is 18.3 Å². The topological polar surface area (TPSA) is 96.0 Å². The largest absolute Gasteiger partial charge is 0.497 e. The Morgan fingerprint density at radius 3 is 2.24 bits per heavy atom. The van der Waals surface area contributed by atoms with Crippen molar-refractivity contribution < 1.29 is 22.7 Å². The molecular formula is C28H33N3O5S. The highest BCUT2D eigenvalue weighted by Crippen LogP contribution is 2.25. The number of nitrogens with zero attached hydrogens (tertiary/aromatic N) is 2. The van der Waals surface area contributed by atoms with Crippen molar-refractivity contribution in [2.24, 2.45) is 0 Å². The smallest absolute Gasteiger partial charge is 0.264 e. The number of hydrogen-bond acceptors (Lipinski definition) is 5. The Kier molecular flexibility index (Phi) is 9.30. The summed E-state index contributed by atoms with van der Waals surface area (Å²) in [5, 5.41) is 2.62. The lowest BCUT2D eigenvalue weighted by Crippen LogP contribution is -2.51. The Hall–Kier alpha value is -3.85. The van der Waals surface area contributed by atoms with Crippen molar-refractivity contribution in [2.75, 3.05) is 25.0 Å². The molecule has 0 saturated heterocycles. The molecule has 0 bridgehead atoms. The van der Waals surface area contributed by atoms with Gasteiger partial charge in [-0.3, -0.25) is 13.9 Å². The second-order valence-corrected chi connectivity index (χ2v) is 10.4. The highest BCUT2D eigenvalue weighted by Gasteiger charge is 2.33. The Labute approximate surface area is 218 Å². The number of nitrogens with one attached hydrogen (secondary N) is 1. The SMILES string of the molecule is CC[C@@H](C(=O)NC)N(Cc1cccc(OC)c1)C(=O)CN(c1ccccc1)S(=O)(=O)c1ccc(C)cc1. The standard InChI is InChI=1S/C28H33N3O5S/c1-5-26(28(33)29-3)30(19-22-10-9-13-24(18-22)36-4)27(32)20-31(23-11-7-6-8-12-23)37(34,35)25-16-14-21(2)15-17-25/h6-18,26H,5,19-20H2,1-4H3,(H,29,33)/t26-/m0/s1. The average molecular weight is 524 g/mol. The molecule has 3 aromatic carbocycles. The number of carbonyl (C=O) groups excluding carboxylic acids is 2. The van der Waals surface area contributed by atoms with Crippen LogP contribution in [0, 0.1) is 6.92 Å². The summed E-state index contributed by atoms with van der Waals surface area (Å²) < 4.78 is 33.9. The van der Waals surface area contributed by atoms with E-state index < -0.39 is 28.5 Å². The van der Waals surface area contributed by atoms with Crippen LogP contribution in [0.2, 0.25) is 0 Å². The maximum atomic E-state index is 13.8. The fourth-order valence-electron chi connectivity index (χ4n) is 4.01. The van der Waals surface area contributed by atoms with Gasteiger partial charge in [-0.25, -0.2) is 8.42 Å². The number of hydrogen-bond donors (Lipinski definition) is 1. The summed E-state index contributed by atoms with van der Waals surface area (Å²) in [5.41, 5.74) is 2.02. The molecule has 0 aliphatic heterocycles. The number of anilines is 1. The van der Waals surface area contributed by atoms with E-state index in [1.165, 1.54) is 24.1 Å². The Bertz CT molecular complexity index is 1310. The third-order valence-electron chi connectivity index (χ3n) is 6.05. The van der Waals surface area contributed by atoms with E-state index in [0.29, 0.717) is 17.9 Å². The lowest BCUT2D eigenvalue weighted by atomic mass is 10.1. The highest BCUT2D eigenvalue weighted by atomic mass is 32.2. The van der Waals surface area contributed by atoms with Crippen molar-refractivity contribution in [2.45, 2.75) is 37.8 Å². The van der Waals surface area contributed by atoms with Gasteiger partial charge >= 0.3 is 0 Å². The molecule has 3 aromatic rings. The summed E-state index contributed by atoms with van der Waals surface area (Å²) in [6.07, 6.45) is 0.353. The van der Waals surface area contributed by atoms with Gasteiger partial charge < -0.3 is 15.0 Å². The maximum absolute atomic E-state index is 13.8. The van der Waals surface area contributed by atoms with Gasteiger partial charge in [0.05, 0.1) is 17.7 Å². The van der Waals surface area contributed by atoms with E-state index in [-0.39, 0.29) is 17.3 Å². The van der Waals surface area contributed by atoms with Crippen LogP contribution >= 0.6 is 0 Å². The first-order valence-electron chi connectivity index (χ1n) is 12.0. The van der Waals surface area contributed by atoms with E-state index >= 15 is 0 Å². The van der Waals surface area contributed by atoms with Crippen LogP contribution in [0.3, 0.4) is 0 Å². The summed E-state index contributed by atoms with van der Waals surface area (Å²) in [7, 11) is -1.01.